The summed E-state index contributed by atoms with van der Waals surface area (Å²) in [6.07, 6.45) is 1.85. The fourth-order valence-electron chi connectivity index (χ4n) is 2.01. The van der Waals surface area contributed by atoms with Crippen LogP contribution >= 0.6 is 15.9 Å². The standard InChI is InChI=1S/C19H18BrFO4/c1-13-11-16(7-8-18(13)25-12-19(22)23-2)24-10-9-17(20)14-3-5-15(21)6-4-14/h3-9,11H,10,12H2,1-2H3/b17-9-. The maximum absolute atomic E-state index is 12.9. The van der Waals surface area contributed by atoms with Crippen LogP contribution in [0.5, 0.6) is 11.5 Å². The van der Waals surface area contributed by atoms with Gasteiger partial charge in [0.05, 0.1) is 7.11 Å². The zero-order valence-corrected chi connectivity index (χ0v) is 15.5. The molecule has 0 amide bonds. The lowest BCUT2D eigenvalue weighted by atomic mass is 10.2. The van der Waals surface area contributed by atoms with E-state index in [2.05, 4.69) is 20.7 Å². The number of hydrogen-bond donors (Lipinski definition) is 0. The number of carbonyl (C=O) groups excluding carboxylic acids is 1. The minimum absolute atomic E-state index is 0.134. The average molecular weight is 409 g/mol. The second kappa shape index (κ2) is 9.22. The molecule has 0 saturated heterocycles. The van der Waals surface area contributed by atoms with E-state index in [1.165, 1.54) is 19.2 Å². The third-order valence-electron chi connectivity index (χ3n) is 3.35. The maximum atomic E-state index is 12.9. The maximum Gasteiger partial charge on any atom is 0.343 e. The molecule has 0 atom stereocenters. The van der Waals surface area contributed by atoms with E-state index in [1.807, 2.05) is 19.1 Å². The van der Waals surface area contributed by atoms with E-state index in [-0.39, 0.29) is 12.4 Å². The fraction of sp³-hybridized carbons (Fsp3) is 0.211. The number of rotatable bonds is 7. The summed E-state index contributed by atoms with van der Waals surface area (Å²) in [6.45, 7) is 2.08. The lowest BCUT2D eigenvalue weighted by Crippen LogP contribution is -2.13. The van der Waals surface area contributed by atoms with Crippen molar-refractivity contribution in [3.05, 3.63) is 65.5 Å². The number of benzene rings is 2. The molecule has 0 radical (unpaired) electrons. The molecule has 4 nitrogen and oxygen atoms in total. The third-order valence-corrected chi connectivity index (χ3v) is 4.13. The van der Waals surface area contributed by atoms with Gasteiger partial charge in [-0.05, 0) is 54.5 Å². The summed E-state index contributed by atoms with van der Waals surface area (Å²) in [6, 6.07) is 11.5. The van der Waals surface area contributed by atoms with Gasteiger partial charge in [0.25, 0.3) is 0 Å². The Bertz CT molecular complexity index is 757. The molecule has 0 aliphatic heterocycles. The first-order chi connectivity index (χ1) is 12.0. The molecular formula is C19H18BrFO4. The van der Waals surface area contributed by atoms with E-state index in [1.54, 1.807) is 24.3 Å². The van der Waals surface area contributed by atoms with Crippen LogP contribution in [0, 0.1) is 12.7 Å². The van der Waals surface area contributed by atoms with Gasteiger partial charge in [0.2, 0.25) is 0 Å². The largest absolute Gasteiger partial charge is 0.489 e. The van der Waals surface area contributed by atoms with Gasteiger partial charge in [0.1, 0.15) is 23.9 Å². The molecule has 2 aromatic rings. The Morgan fingerprint density at radius 1 is 1.16 bits per heavy atom. The number of aryl methyl sites for hydroxylation is 1. The molecule has 0 bridgehead atoms. The zero-order chi connectivity index (χ0) is 18.2. The first kappa shape index (κ1) is 19.0. The van der Waals surface area contributed by atoms with Crippen molar-refractivity contribution in [1.82, 2.24) is 0 Å². The van der Waals surface area contributed by atoms with E-state index >= 15 is 0 Å². The molecule has 0 spiro atoms. The topological polar surface area (TPSA) is 44.8 Å². The number of esters is 1. The molecule has 2 aromatic carbocycles. The molecule has 132 valence electrons. The molecular weight excluding hydrogens is 391 g/mol. The van der Waals surface area contributed by atoms with Crippen LogP contribution in [0.25, 0.3) is 4.48 Å². The lowest BCUT2D eigenvalue weighted by molar-refractivity contribution is -0.142. The summed E-state index contributed by atoms with van der Waals surface area (Å²) in [5.41, 5.74) is 1.72. The molecule has 0 fully saturated rings. The van der Waals surface area contributed by atoms with Crippen molar-refractivity contribution in [2.75, 3.05) is 20.3 Å². The monoisotopic (exact) mass is 408 g/mol. The molecule has 2 rings (SSSR count). The fourth-order valence-corrected chi connectivity index (χ4v) is 2.40. The number of ether oxygens (including phenoxy) is 3. The quantitative estimate of drug-likeness (QED) is 0.632. The third kappa shape index (κ3) is 5.90. The normalized spacial score (nSPS) is 11.1. The van der Waals surface area contributed by atoms with Gasteiger partial charge in [-0.2, -0.15) is 0 Å². The Balaban J connectivity index is 1.92. The minimum Gasteiger partial charge on any atom is -0.489 e. The van der Waals surface area contributed by atoms with Crippen molar-refractivity contribution in [1.29, 1.82) is 0 Å². The van der Waals surface area contributed by atoms with Crippen molar-refractivity contribution in [3.8, 4) is 11.5 Å². The van der Waals surface area contributed by atoms with Crippen LogP contribution < -0.4 is 9.47 Å². The molecule has 6 heteroatoms. The van der Waals surface area contributed by atoms with Crippen molar-refractivity contribution in [2.24, 2.45) is 0 Å². The first-order valence-corrected chi connectivity index (χ1v) is 8.33. The van der Waals surface area contributed by atoms with Gasteiger partial charge in [-0.3, -0.25) is 0 Å². The van der Waals surface area contributed by atoms with E-state index in [0.717, 1.165) is 15.6 Å². The first-order valence-electron chi connectivity index (χ1n) is 7.54. The van der Waals surface area contributed by atoms with Gasteiger partial charge in [0, 0.05) is 4.48 Å². The molecule has 0 aliphatic rings. The van der Waals surface area contributed by atoms with Crippen LogP contribution in [0.2, 0.25) is 0 Å². The van der Waals surface area contributed by atoms with Crippen LogP contribution in [-0.4, -0.2) is 26.3 Å². The highest BCUT2D eigenvalue weighted by atomic mass is 79.9. The highest BCUT2D eigenvalue weighted by Crippen LogP contribution is 2.24. The predicted molar refractivity (Wildman–Crippen MR) is 97.5 cm³/mol. The van der Waals surface area contributed by atoms with E-state index in [0.29, 0.717) is 18.1 Å². The number of carbonyl (C=O) groups is 1. The zero-order valence-electron chi connectivity index (χ0n) is 13.9. The summed E-state index contributed by atoms with van der Waals surface area (Å²) in [4.78, 5) is 11.1. The Morgan fingerprint density at radius 3 is 2.52 bits per heavy atom. The van der Waals surface area contributed by atoms with E-state index in [9.17, 15) is 9.18 Å². The average Bonchev–Trinajstić information content (AvgIpc) is 2.61. The molecule has 0 unspecified atom stereocenters. The van der Waals surface area contributed by atoms with Gasteiger partial charge < -0.3 is 14.2 Å². The van der Waals surface area contributed by atoms with Gasteiger partial charge >= 0.3 is 5.97 Å². The number of methoxy groups -OCH3 is 1. The highest BCUT2D eigenvalue weighted by Gasteiger charge is 2.06. The van der Waals surface area contributed by atoms with Gasteiger partial charge in [-0.1, -0.05) is 28.1 Å². The van der Waals surface area contributed by atoms with Gasteiger partial charge in [-0.25, -0.2) is 9.18 Å². The predicted octanol–water partition coefficient (Wildman–Crippen LogP) is 4.50. The van der Waals surface area contributed by atoms with Crippen LogP contribution in [0.1, 0.15) is 11.1 Å². The summed E-state index contributed by atoms with van der Waals surface area (Å²) >= 11 is 3.45. The molecule has 25 heavy (non-hydrogen) atoms. The minimum atomic E-state index is -0.435. The molecule has 0 heterocycles. The summed E-state index contributed by atoms with van der Waals surface area (Å²) in [7, 11) is 1.31. The Kier molecular flexibility index (Phi) is 7.01. The molecule has 0 aliphatic carbocycles. The van der Waals surface area contributed by atoms with Crippen LogP contribution in [-0.2, 0) is 9.53 Å². The van der Waals surface area contributed by atoms with Crippen molar-refractivity contribution in [3.63, 3.8) is 0 Å². The van der Waals surface area contributed by atoms with Crippen molar-refractivity contribution in [2.45, 2.75) is 6.92 Å². The molecule has 0 saturated carbocycles. The van der Waals surface area contributed by atoms with Crippen molar-refractivity contribution < 1.29 is 23.4 Å². The molecule has 0 N–H and O–H groups in total. The van der Waals surface area contributed by atoms with E-state index in [4.69, 9.17) is 9.47 Å². The highest BCUT2D eigenvalue weighted by molar-refractivity contribution is 9.15. The Hall–Kier alpha value is -2.34. The number of hydrogen-bond acceptors (Lipinski definition) is 4. The SMILES string of the molecule is COC(=O)COc1ccc(OC/C=C(\Br)c2ccc(F)cc2)cc1C. The van der Waals surface area contributed by atoms with Crippen LogP contribution in [0.4, 0.5) is 4.39 Å². The second-order valence-corrected chi connectivity index (χ2v) is 6.02. The summed E-state index contributed by atoms with van der Waals surface area (Å²) in [5.74, 6) is 0.570. The van der Waals surface area contributed by atoms with Gasteiger partial charge in [0.15, 0.2) is 6.61 Å². The van der Waals surface area contributed by atoms with Crippen molar-refractivity contribution >= 4 is 26.4 Å². The summed E-state index contributed by atoms with van der Waals surface area (Å²) in [5, 5.41) is 0. The Morgan fingerprint density at radius 2 is 1.88 bits per heavy atom. The van der Waals surface area contributed by atoms with Gasteiger partial charge in [-0.15, -0.1) is 0 Å². The second-order valence-electron chi connectivity index (χ2n) is 5.16. The molecule has 0 aromatic heterocycles. The summed E-state index contributed by atoms with van der Waals surface area (Å²) < 4.78 is 29.3. The number of halogens is 2. The van der Waals surface area contributed by atoms with Crippen LogP contribution in [0.15, 0.2) is 48.5 Å². The smallest absolute Gasteiger partial charge is 0.343 e. The lowest BCUT2D eigenvalue weighted by Gasteiger charge is -2.10. The van der Waals surface area contributed by atoms with E-state index < -0.39 is 5.97 Å². The Labute approximate surface area is 154 Å². The van der Waals surface area contributed by atoms with Crippen LogP contribution in [0.3, 0.4) is 0 Å².